The fraction of sp³-hybridized carbons (Fsp3) is 0.280. The maximum atomic E-state index is 13.8. The van der Waals surface area contributed by atoms with Crippen molar-refractivity contribution in [1.29, 1.82) is 0 Å². The second kappa shape index (κ2) is 9.36. The Morgan fingerprint density at radius 1 is 1.15 bits per heavy atom. The molecule has 3 aromatic rings. The second-order valence-corrected chi connectivity index (χ2v) is 8.34. The number of carbonyl (C=O) groups is 2. The van der Waals surface area contributed by atoms with Gasteiger partial charge in [0.15, 0.2) is 0 Å². The van der Waals surface area contributed by atoms with E-state index in [2.05, 4.69) is 15.3 Å². The molecule has 0 bridgehead atoms. The van der Waals surface area contributed by atoms with Crippen LogP contribution < -0.4 is 10.2 Å². The van der Waals surface area contributed by atoms with Crippen molar-refractivity contribution in [3.8, 4) is 0 Å². The number of benzene rings is 2. The Bertz CT molecular complexity index is 1200. The molecule has 1 N–H and O–H groups in total. The highest BCUT2D eigenvalue weighted by molar-refractivity contribution is 6.04. The Morgan fingerprint density at radius 3 is 2.67 bits per heavy atom. The summed E-state index contributed by atoms with van der Waals surface area (Å²) in [6, 6.07) is 13.5. The summed E-state index contributed by atoms with van der Waals surface area (Å²) in [5.41, 5.74) is 2.53. The number of aromatic nitrogens is 2. The topological polar surface area (TPSA) is 78.4 Å². The molecule has 170 valence electrons. The molecule has 7 nitrogen and oxygen atoms in total. The Morgan fingerprint density at radius 2 is 1.94 bits per heavy atom. The molecule has 2 amide bonds. The van der Waals surface area contributed by atoms with Crippen LogP contribution in [0.1, 0.15) is 44.6 Å². The van der Waals surface area contributed by atoms with Gasteiger partial charge in [0.05, 0.1) is 16.9 Å². The van der Waals surface area contributed by atoms with E-state index in [1.807, 2.05) is 48.2 Å². The molecule has 1 aliphatic heterocycles. The zero-order chi connectivity index (χ0) is 23.5. The van der Waals surface area contributed by atoms with Crippen LogP contribution in [0.15, 0.2) is 54.7 Å². The van der Waals surface area contributed by atoms with Gasteiger partial charge in [-0.25, -0.2) is 14.4 Å². The summed E-state index contributed by atoms with van der Waals surface area (Å²) in [4.78, 5) is 38.3. The number of nitrogens with zero attached hydrogens (tertiary/aromatic N) is 4. The normalized spacial score (nSPS) is 15.4. The van der Waals surface area contributed by atoms with Crippen LogP contribution in [-0.2, 0) is 0 Å². The number of aryl methyl sites for hydroxylation is 1. The number of halogens is 1. The van der Waals surface area contributed by atoms with Crippen molar-refractivity contribution in [2.75, 3.05) is 37.4 Å². The minimum Gasteiger partial charge on any atom is -0.378 e. The lowest BCUT2D eigenvalue weighted by atomic mass is 10.1. The van der Waals surface area contributed by atoms with Gasteiger partial charge < -0.3 is 15.1 Å². The maximum Gasteiger partial charge on any atom is 0.259 e. The fourth-order valence-corrected chi connectivity index (χ4v) is 3.91. The highest BCUT2D eigenvalue weighted by Crippen LogP contribution is 2.27. The van der Waals surface area contributed by atoms with E-state index in [0.29, 0.717) is 30.2 Å². The summed E-state index contributed by atoms with van der Waals surface area (Å²) in [5.74, 6) is -0.388. The summed E-state index contributed by atoms with van der Waals surface area (Å²) >= 11 is 0. The predicted molar refractivity (Wildman–Crippen MR) is 125 cm³/mol. The van der Waals surface area contributed by atoms with Gasteiger partial charge in [0.25, 0.3) is 11.8 Å². The molecular weight excluding hydrogens is 421 g/mol. The minimum absolute atomic E-state index is 0.00615. The molecule has 1 aromatic heterocycles. The Balaban J connectivity index is 1.45. The van der Waals surface area contributed by atoms with E-state index in [0.717, 1.165) is 12.1 Å². The van der Waals surface area contributed by atoms with Crippen LogP contribution in [0.4, 0.5) is 15.8 Å². The van der Waals surface area contributed by atoms with Crippen molar-refractivity contribution >= 4 is 23.2 Å². The van der Waals surface area contributed by atoms with Gasteiger partial charge in [-0.1, -0.05) is 18.2 Å². The molecule has 0 spiro atoms. The largest absolute Gasteiger partial charge is 0.378 e. The molecule has 0 radical (unpaired) electrons. The standard InChI is InChI=1S/C25H26FN5O2/c1-16-20(24(32)29-22-10-5-4-9-21(22)26)14-27-23(28-16)18-11-12-31(15-18)25(33)17-7-6-8-19(13-17)30(2)3/h4-10,13-14,18H,11-12,15H2,1-3H3,(H,29,32). The SMILES string of the molecule is Cc1nc(C2CCN(C(=O)c3cccc(N(C)C)c3)C2)ncc1C(=O)Nc1ccccc1F. The third-order valence-corrected chi connectivity index (χ3v) is 5.81. The average Bonchev–Trinajstić information content (AvgIpc) is 3.30. The summed E-state index contributed by atoms with van der Waals surface area (Å²) < 4.78 is 13.8. The first kappa shape index (κ1) is 22.4. The first-order chi connectivity index (χ1) is 15.8. The van der Waals surface area contributed by atoms with Crippen molar-refractivity contribution in [2.45, 2.75) is 19.3 Å². The van der Waals surface area contributed by atoms with Gasteiger partial charge in [-0.2, -0.15) is 0 Å². The molecule has 0 saturated carbocycles. The number of rotatable bonds is 5. The average molecular weight is 448 g/mol. The minimum atomic E-state index is -0.507. The monoisotopic (exact) mass is 447 g/mol. The Hall–Kier alpha value is -3.81. The summed E-state index contributed by atoms with van der Waals surface area (Å²) in [6.45, 7) is 2.87. The van der Waals surface area contributed by atoms with E-state index in [4.69, 9.17) is 0 Å². The van der Waals surface area contributed by atoms with Crippen LogP contribution >= 0.6 is 0 Å². The van der Waals surface area contributed by atoms with E-state index < -0.39 is 11.7 Å². The van der Waals surface area contributed by atoms with Crippen molar-refractivity contribution < 1.29 is 14.0 Å². The van der Waals surface area contributed by atoms with E-state index in [-0.39, 0.29) is 23.1 Å². The smallest absolute Gasteiger partial charge is 0.259 e. The first-order valence-corrected chi connectivity index (χ1v) is 10.8. The first-order valence-electron chi connectivity index (χ1n) is 10.8. The fourth-order valence-electron chi connectivity index (χ4n) is 3.91. The van der Waals surface area contributed by atoms with E-state index in [9.17, 15) is 14.0 Å². The number of likely N-dealkylation sites (tertiary alicyclic amines) is 1. The zero-order valence-electron chi connectivity index (χ0n) is 18.9. The van der Waals surface area contributed by atoms with Crippen molar-refractivity contribution in [3.63, 3.8) is 0 Å². The number of carbonyl (C=O) groups excluding carboxylic acids is 2. The molecule has 0 aliphatic carbocycles. The summed E-state index contributed by atoms with van der Waals surface area (Å²) in [7, 11) is 3.88. The summed E-state index contributed by atoms with van der Waals surface area (Å²) in [6.07, 6.45) is 2.22. The molecule has 1 saturated heterocycles. The predicted octanol–water partition coefficient (Wildman–Crippen LogP) is 3.87. The van der Waals surface area contributed by atoms with Gasteiger partial charge >= 0.3 is 0 Å². The van der Waals surface area contributed by atoms with E-state index in [1.165, 1.54) is 18.3 Å². The van der Waals surface area contributed by atoms with Gasteiger partial charge in [0.1, 0.15) is 11.6 Å². The molecule has 8 heteroatoms. The number of anilines is 2. The molecule has 1 fully saturated rings. The molecule has 2 aromatic carbocycles. The quantitative estimate of drug-likeness (QED) is 0.642. The van der Waals surface area contributed by atoms with Crippen LogP contribution in [0, 0.1) is 12.7 Å². The molecule has 2 heterocycles. The van der Waals surface area contributed by atoms with Crippen LogP contribution in [-0.4, -0.2) is 53.9 Å². The van der Waals surface area contributed by atoms with Crippen LogP contribution in [0.2, 0.25) is 0 Å². The van der Waals surface area contributed by atoms with Crippen LogP contribution in [0.3, 0.4) is 0 Å². The van der Waals surface area contributed by atoms with Crippen LogP contribution in [0.5, 0.6) is 0 Å². The van der Waals surface area contributed by atoms with Crippen molar-refractivity contribution in [3.05, 3.63) is 83.2 Å². The second-order valence-electron chi connectivity index (χ2n) is 8.34. The molecule has 1 unspecified atom stereocenters. The van der Waals surface area contributed by atoms with Gasteiger partial charge in [0.2, 0.25) is 0 Å². The van der Waals surface area contributed by atoms with Crippen LogP contribution in [0.25, 0.3) is 0 Å². The lowest BCUT2D eigenvalue weighted by Gasteiger charge is -2.18. The Kier molecular flexibility index (Phi) is 6.35. The molecule has 33 heavy (non-hydrogen) atoms. The lowest BCUT2D eigenvalue weighted by molar-refractivity contribution is 0.0790. The number of para-hydroxylation sites is 1. The third kappa shape index (κ3) is 4.84. The molecule has 1 aliphatic rings. The third-order valence-electron chi connectivity index (χ3n) is 5.81. The maximum absolute atomic E-state index is 13.8. The Labute approximate surface area is 192 Å². The highest BCUT2D eigenvalue weighted by atomic mass is 19.1. The van der Waals surface area contributed by atoms with Gasteiger partial charge in [-0.3, -0.25) is 9.59 Å². The van der Waals surface area contributed by atoms with E-state index >= 15 is 0 Å². The molecular formula is C25H26FN5O2. The van der Waals surface area contributed by atoms with Gasteiger partial charge in [-0.15, -0.1) is 0 Å². The number of hydrogen-bond donors (Lipinski definition) is 1. The molecule has 4 rings (SSSR count). The zero-order valence-corrected chi connectivity index (χ0v) is 18.9. The highest BCUT2D eigenvalue weighted by Gasteiger charge is 2.30. The van der Waals surface area contributed by atoms with Gasteiger partial charge in [-0.05, 0) is 43.7 Å². The number of hydrogen-bond acceptors (Lipinski definition) is 5. The van der Waals surface area contributed by atoms with Crippen molar-refractivity contribution in [1.82, 2.24) is 14.9 Å². The van der Waals surface area contributed by atoms with E-state index in [1.54, 1.807) is 19.1 Å². The summed E-state index contributed by atoms with van der Waals surface area (Å²) in [5, 5.41) is 2.56. The lowest BCUT2D eigenvalue weighted by Crippen LogP contribution is -2.29. The number of amides is 2. The number of nitrogens with one attached hydrogen (secondary N) is 1. The van der Waals surface area contributed by atoms with Gasteiger partial charge in [0, 0.05) is 50.6 Å². The van der Waals surface area contributed by atoms with Crippen molar-refractivity contribution in [2.24, 2.45) is 0 Å². The molecule has 1 atom stereocenters.